The first-order valence-corrected chi connectivity index (χ1v) is 7.29. The molecule has 5 heteroatoms. The molecule has 14 heavy (non-hydrogen) atoms. The molecule has 0 amide bonds. The van der Waals surface area contributed by atoms with Crippen LogP contribution in [0, 0.1) is 0 Å². The van der Waals surface area contributed by atoms with Crippen LogP contribution in [-0.2, 0) is 9.53 Å². The molecule has 0 fully saturated rings. The van der Waals surface area contributed by atoms with Crippen molar-refractivity contribution >= 4 is 27.6 Å². The van der Waals surface area contributed by atoms with Gasteiger partial charge in [0.2, 0.25) is 0 Å². The summed E-state index contributed by atoms with van der Waals surface area (Å²) < 4.78 is 4.67. The average Bonchev–Trinajstić information content (AvgIpc) is 2.21. The molecule has 1 atom stereocenters. The third kappa shape index (κ3) is 5.78. The van der Waals surface area contributed by atoms with Crippen molar-refractivity contribution in [3.63, 3.8) is 0 Å². The van der Waals surface area contributed by atoms with Crippen LogP contribution in [0.15, 0.2) is 0 Å². The monoisotopic (exact) mass is 237 g/mol. The molecule has 0 radical (unpaired) electrons. The lowest BCUT2D eigenvalue weighted by molar-refractivity contribution is -0.145. The zero-order chi connectivity index (χ0) is 11.0. The van der Waals surface area contributed by atoms with Gasteiger partial charge >= 0.3 is 5.97 Å². The third-order valence-electron chi connectivity index (χ3n) is 2.06. The molecule has 3 nitrogen and oxygen atoms in total. The van der Waals surface area contributed by atoms with Crippen LogP contribution in [0.2, 0.25) is 0 Å². The van der Waals surface area contributed by atoms with E-state index >= 15 is 0 Å². The zero-order valence-corrected chi connectivity index (χ0v) is 10.9. The van der Waals surface area contributed by atoms with E-state index in [1.807, 2.05) is 29.7 Å². The standard InChI is InChI=1S/C9H19NO2S2/c1-8(9(11)12-3)10(2)6-5-7-14-13-4/h8H,5-7H2,1-4H3/t8-/m0/s1. The lowest BCUT2D eigenvalue weighted by Crippen LogP contribution is -2.37. The molecule has 0 aliphatic carbocycles. The first kappa shape index (κ1) is 14.1. The van der Waals surface area contributed by atoms with Gasteiger partial charge in [-0.05, 0) is 33.2 Å². The topological polar surface area (TPSA) is 29.5 Å². The fourth-order valence-corrected chi connectivity index (χ4v) is 2.27. The van der Waals surface area contributed by atoms with Crippen LogP contribution in [0.3, 0.4) is 0 Å². The number of carbonyl (C=O) groups excluding carboxylic acids is 1. The van der Waals surface area contributed by atoms with Gasteiger partial charge in [-0.3, -0.25) is 9.69 Å². The van der Waals surface area contributed by atoms with E-state index in [0.29, 0.717) is 0 Å². The second-order valence-electron chi connectivity index (χ2n) is 3.02. The summed E-state index contributed by atoms with van der Waals surface area (Å²) in [4.78, 5) is 13.2. The minimum absolute atomic E-state index is 0.140. The summed E-state index contributed by atoms with van der Waals surface area (Å²) in [6.07, 6.45) is 3.18. The smallest absolute Gasteiger partial charge is 0.322 e. The van der Waals surface area contributed by atoms with Crippen LogP contribution in [0.5, 0.6) is 0 Å². The van der Waals surface area contributed by atoms with Crippen molar-refractivity contribution in [1.29, 1.82) is 0 Å². The van der Waals surface area contributed by atoms with Crippen molar-refractivity contribution in [3.05, 3.63) is 0 Å². The molecule has 0 aliphatic heterocycles. The second kappa shape index (κ2) is 8.44. The average molecular weight is 237 g/mol. The van der Waals surface area contributed by atoms with Crippen molar-refractivity contribution < 1.29 is 9.53 Å². The van der Waals surface area contributed by atoms with Crippen molar-refractivity contribution in [3.8, 4) is 0 Å². The zero-order valence-electron chi connectivity index (χ0n) is 9.28. The first-order chi connectivity index (χ1) is 6.63. The van der Waals surface area contributed by atoms with Crippen molar-refractivity contribution in [2.45, 2.75) is 19.4 Å². The number of nitrogens with zero attached hydrogens (tertiary/aromatic N) is 1. The van der Waals surface area contributed by atoms with Crippen LogP contribution < -0.4 is 0 Å². The van der Waals surface area contributed by atoms with Gasteiger partial charge in [-0.1, -0.05) is 21.6 Å². The molecule has 0 unspecified atom stereocenters. The van der Waals surface area contributed by atoms with E-state index in [0.717, 1.165) is 18.7 Å². The number of methoxy groups -OCH3 is 1. The number of hydrogen-bond donors (Lipinski definition) is 0. The van der Waals surface area contributed by atoms with Crippen molar-refractivity contribution in [2.24, 2.45) is 0 Å². The Morgan fingerprint density at radius 2 is 2.21 bits per heavy atom. The normalized spacial score (nSPS) is 12.9. The van der Waals surface area contributed by atoms with Gasteiger partial charge in [0.1, 0.15) is 6.04 Å². The van der Waals surface area contributed by atoms with Crippen LogP contribution in [0.25, 0.3) is 0 Å². The lowest BCUT2D eigenvalue weighted by atomic mass is 10.3. The van der Waals surface area contributed by atoms with Crippen molar-refractivity contribution in [1.82, 2.24) is 4.90 Å². The Kier molecular flexibility index (Phi) is 8.52. The van der Waals surface area contributed by atoms with Gasteiger partial charge in [0, 0.05) is 5.75 Å². The number of hydrogen-bond acceptors (Lipinski definition) is 5. The highest BCUT2D eigenvalue weighted by Crippen LogP contribution is 2.17. The van der Waals surface area contributed by atoms with Gasteiger partial charge in [-0.15, -0.1) is 0 Å². The molecule has 0 aromatic heterocycles. The largest absolute Gasteiger partial charge is 0.468 e. The molecule has 84 valence electrons. The predicted octanol–water partition coefficient (Wildman–Crippen LogP) is 1.88. The summed E-state index contributed by atoms with van der Waals surface area (Å²) >= 11 is 0. The Bertz CT molecular complexity index is 167. The fraction of sp³-hybridized carbons (Fsp3) is 0.889. The number of ether oxygens (including phenoxy) is 1. The highest BCUT2D eigenvalue weighted by atomic mass is 33.1. The molecule has 0 bridgehead atoms. The minimum atomic E-state index is -0.162. The molecule has 0 saturated carbocycles. The summed E-state index contributed by atoms with van der Waals surface area (Å²) in [5.41, 5.74) is 0. The Labute approximate surface area is 94.3 Å². The predicted molar refractivity (Wildman–Crippen MR) is 64.7 cm³/mol. The van der Waals surface area contributed by atoms with Crippen LogP contribution in [0.1, 0.15) is 13.3 Å². The molecule has 0 spiro atoms. The third-order valence-corrected chi connectivity index (χ3v) is 3.96. The Balaban J connectivity index is 3.61. The van der Waals surface area contributed by atoms with E-state index in [2.05, 4.69) is 11.0 Å². The van der Waals surface area contributed by atoms with Gasteiger partial charge in [0.25, 0.3) is 0 Å². The summed E-state index contributed by atoms with van der Waals surface area (Å²) in [7, 11) is 7.01. The SMILES string of the molecule is COC(=O)[C@H](C)N(C)CCCSSC. The lowest BCUT2D eigenvalue weighted by Gasteiger charge is -2.21. The molecular weight excluding hydrogens is 218 g/mol. The maximum Gasteiger partial charge on any atom is 0.322 e. The molecule has 0 saturated heterocycles. The van der Waals surface area contributed by atoms with E-state index in [1.165, 1.54) is 7.11 Å². The Morgan fingerprint density at radius 3 is 2.71 bits per heavy atom. The maximum absolute atomic E-state index is 11.2. The fourth-order valence-electron chi connectivity index (χ4n) is 1.00. The van der Waals surface area contributed by atoms with E-state index in [9.17, 15) is 4.79 Å². The number of carbonyl (C=O) groups is 1. The van der Waals surface area contributed by atoms with Crippen molar-refractivity contribution in [2.75, 3.05) is 32.7 Å². The minimum Gasteiger partial charge on any atom is -0.468 e. The van der Waals surface area contributed by atoms with E-state index in [4.69, 9.17) is 0 Å². The summed E-state index contributed by atoms with van der Waals surface area (Å²) in [6.45, 7) is 2.80. The van der Waals surface area contributed by atoms with E-state index < -0.39 is 0 Å². The van der Waals surface area contributed by atoms with Crippen LogP contribution >= 0.6 is 21.6 Å². The molecule has 0 aromatic carbocycles. The molecule has 0 aromatic rings. The molecule has 0 N–H and O–H groups in total. The summed E-state index contributed by atoms with van der Waals surface area (Å²) in [5, 5.41) is 0. The molecule has 0 aliphatic rings. The summed E-state index contributed by atoms with van der Waals surface area (Å²) in [5.74, 6) is 0.962. The first-order valence-electron chi connectivity index (χ1n) is 4.57. The molecule has 0 rings (SSSR count). The van der Waals surface area contributed by atoms with Gasteiger partial charge < -0.3 is 4.74 Å². The summed E-state index contributed by atoms with van der Waals surface area (Å²) in [6, 6.07) is -0.140. The number of likely N-dealkylation sites (N-methyl/N-ethyl adjacent to an activating group) is 1. The quantitative estimate of drug-likeness (QED) is 0.383. The Hall–Kier alpha value is 0.130. The van der Waals surface area contributed by atoms with Crippen LogP contribution in [0.4, 0.5) is 0 Å². The molecular formula is C9H19NO2S2. The number of rotatable bonds is 7. The molecule has 0 heterocycles. The maximum atomic E-state index is 11.2. The van der Waals surface area contributed by atoms with E-state index in [1.54, 1.807) is 10.8 Å². The second-order valence-corrected chi connectivity index (χ2v) is 5.71. The van der Waals surface area contributed by atoms with Gasteiger partial charge in [-0.25, -0.2) is 0 Å². The highest BCUT2D eigenvalue weighted by Gasteiger charge is 2.17. The van der Waals surface area contributed by atoms with Gasteiger partial charge in [0.15, 0.2) is 0 Å². The van der Waals surface area contributed by atoms with Gasteiger partial charge in [0.05, 0.1) is 7.11 Å². The highest BCUT2D eigenvalue weighted by molar-refractivity contribution is 8.76. The number of esters is 1. The Morgan fingerprint density at radius 1 is 1.57 bits per heavy atom. The van der Waals surface area contributed by atoms with Crippen LogP contribution in [-0.4, -0.2) is 49.6 Å². The van der Waals surface area contributed by atoms with Gasteiger partial charge in [-0.2, -0.15) is 0 Å². The van der Waals surface area contributed by atoms with E-state index in [-0.39, 0.29) is 12.0 Å².